The summed E-state index contributed by atoms with van der Waals surface area (Å²) in [6.07, 6.45) is 1.40. The van der Waals surface area contributed by atoms with Gasteiger partial charge in [0, 0.05) is 11.4 Å². The van der Waals surface area contributed by atoms with Crippen LogP contribution in [0.25, 0.3) is 6.08 Å². The van der Waals surface area contributed by atoms with Crippen LogP contribution in [-0.2, 0) is 9.59 Å². The fourth-order valence-electron chi connectivity index (χ4n) is 1.07. The van der Waals surface area contributed by atoms with E-state index in [9.17, 15) is 9.59 Å². The molecule has 0 saturated carbocycles. The molecule has 0 fully saturated rings. The second-order valence-corrected chi connectivity index (χ2v) is 4.01. The summed E-state index contributed by atoms with van der Waals surface area (Å²) in [6, 6.07) is 7.07. The molecule has 0 aromatic heterocycles. The molecule has 0 aliphatic carbocycles. The van der Waals surface area contributed by atoms with Crippen molar-refractivity contribution in [2.45, 2.75) is 6.92 Å². The lowest BCUT2D eigenvalue weighted by Crippen LogP contribution is -2.24. The molecule has 1 aromatic carbocycles. The SMILES string of the molecule is CC(=O)NC(=Cc1ccc(Br)cc1)C(=O)O. The molecule has 0 spiro atoms. The molecular formula is C11H10BrNO3. The third kappa shape index (κ3) is 3.86. The lowest BCUT2D eigenvalue weighted by Gasteiger charge is -2.02. The molecule has 16 heavy (non-hydrogen) atoms. The van der Waals surface area contributed by atoms with Crippen molar-refractivity contribution in [3.05, 3.63) is 40.0 Å². The van der Waals surface area contributed by atoms with Gasteiger partial charge in [-0.2, -0.15) is 0 Å². The van der Waals surface area contributed by atoms with Gasteiger partial charge in [0.1, 0.15) is 5.70 Å². The Morgan fingerprint density at radius 3 is 2.31 bits per heavy atom. The number of carboxylic acid groups (broad SMARTS) is 1. The largest absolute Gasteiger partial charge is 0.477 e. The van der Waals surface area contributed by atoms with Gasteiger partial charge in [0.2, 0.25) is 5.91 Å². The minimum Gasteiger partial charge on any atom is -0.477 e. The van der Waals surface area contributed by atoms with E-state index in [2.05, 4.69) is 21.2 Å². The number of carbonyl (C=O) groups excluding carboxylic acids is 1. The van der Waals surface area contributed by atoms with E-state index >= 15 is 0 Å². The molecule has 2 N–H and O–H groups in total. The molecule has 0 atom stereocenters. The molecule has 0 aliphatic rings. The predicted octanol–water partition coefficient (Wildman–Crippen LogP) is 2.01. The summed E-state index contributed by atoms with van der Waals surface area (Å²) >= 11 is 3.27. The van der Waals surface area contributed by atoms with Gasteiger partial charge in [-0.3, -0.25) is 4.79 Å². The van der Waals surface area contributed by atoms with Crippen LogP contribution in [0.4, 0.5) is 0 Å². The van der Waals surface area contributed by atoms with Crippen molar-refractivity contribution >= 4 is 33.9 Å². The van der Waals surface area contributed by atoms with E-state index in [4.69, 9.17) is 5.11 Å². The van der Waals surface area contributed by atoms with Crippen LogP contribution in [-0.4, -0.2) is 17.0 Å². The van der Waals surface area contributed by atoms with E-state index in [1.54, 1.807) is 24.3 Å². The predicted molar refractivity (Wildman–Crippen MR) is 63.6 cm³/mol. The first-order chi connectivity index (χ1) is 7.49. The molecule has 0 unspecified atom stereocenters. The van der Waals surface area contributed by atoms with Crippen molar-refractivity contribution < 1.29 is 14.7 Å². The Labute approximate surface area is 101 Å². The van der Waals surface area contributed by atoms with Crippen molar-refractivity contribution in [2.24, 2.45) is 0 Å². The molecule has 0 radical (unpaired) electrons. The van der Waals surface area contributed by atoms with Crippen molar-refractivity contribution in [3.63, 3.8) is 0 Å². The fraction of sp³-hybridized carbons (Fsp3) is 0.0909. The average Bonchev–Trinajstić information content (AvgIpc) is 2.19. The molecule has 1 aromatic rings. The number of nitrogens with one attached hydrogen (secondary N) is 1. The van der Waals surface area contributed by atoms with E-state index in [1.807, 2.05) is 0 Å². The number of benzene rings is 1. The van der Waals surface area contributed by atoms with E-state index in [0.717, 1.165) is 4.47 Å². The first-order valence-electron chi connectivity index (χ1n) is 4.47. The zero-order valence-corrected chi connectivity index (χ0v) is 10.1. The molecular weight excluding hydrogens is 274 g/mol. The number of hydrogen-bond acceptors (Lipinski definition) is 2. The smallest absolute Gasteiger partial charge is 0.352 e. The van der Waals surface area contributed by atoms with Gasteiger partial charge >= 0.3 is 5.97 Å². The van der Waals surface area contributed by atoms with Crippen molar-refractivity contribution in [1.82, 2.24) is 5.32 Å². The second kappa shape index (κ2) is 5.46. The Kier molecular flexibility index (Phi) is 4.25. The summed E-state index contributed by atoms with van der Waals surface area (Å²) in [7, 11) is 0. The lowest BCUT2D eigenvalue weighted by atomic mass is 10.2. The van der Waals surface area contributed by atoms with Gasteiger partial charge in [-0.15, -0.1) is 0 Å². The van der Waals surface area contributed by atoms with E-state index in [-0.39, 0.29) is 5.70 Å². The van der Waals surface area contributed by atoms with Gasteiger partial charge in [0.15, 0.2) is 0 Å². The van der Waals surface area contributed by atoms with E-state index in [1.165, 1.54) is 13.0 Å². The zero-order valence-electron chi connectivity index (χ0n) is 8.53. The standard InChI is InChI=1S/C11H10BrNO3/c1-7(14)13-10(11(15)16)6-8-2-4-9(12)5-3-8/h2-6H,1H3,(H,13,14)(H,15,16). The second-order valence-electron chi connectivity index (χ2n) is 3.10. The van der Waals surface area contributed by atoms with E-state index < -0.39 is 11.9 Å². The topological polar surface area (TPSA) is 66.4 Å². The van der Waals surface area contributed by atoms with Gasteiger partial charge in [-0.05, 0) is 23.8 Å². The number of rotatable bonds is 3. The summed E-state index contributed by atoms with van der Waals surface area (Å²) in [5.41, 5.74) is 0.559. The van der Waals surface area contributed by atoms with Gasteiger partial charge in [-0.1, -0.05) is 28.1 Å². The van der Waals surface area contributed by atoms with Gasteiger partial charge in [0.25, 0.3) is 0 Å². The van der Waals surface area contributed by atoms with Crippen LogP contribution in [0.15, 0.2) is 34.4 Å². The minimum absolute atomic E-state index is 0.144. The highest BCUT2D eigenvalue weighted by atomic mass is 79.9. The van der Waals surface area contributed by atoms with E-state index in [0.29, 0.717) is 5.56 Å². The molecule has 1 rings (SSSR count). The van der Waals surface area contributed by atoms with Crippen LogP contribution in [0.1, 0.15) is 12.5 Å². The van der Waals surface area contributed by atoms with Crippen molar-refractivity contribution in [3.8, 4) is 0 Å². The molecule has 5 heteroatoms. The molecule has 0 aliphatic heterocycles. The van der Waals surface area contributed by atoms with Gasteiger partial charge in [0.05, 0.1) is 0 Å². The Bertz CT molecular complexity index is 437. The summed E-state index contributed by atoms with van der Waals surface area (Å²) in [4.78, 5) is 21.6. The van der Waals surface area contributed by atoms with Crippen LogP contribution in [0, 0.1) is 0 Å². The summed E-state index contributed by atoms with van der Waals surface area (Å²) in [5.74, 6) is -1.58. The molecule has 0 heterocycles. The first-order valence-corrected chi connectivity index (χ1v) is 5.26. The van der Waals surface area contributed by atoms with Gasteiger partial charge in [-0.25, -0.2) is 4.79 Å². The number of aliphatic carboxylic acids is 1. The number of carbonyl (C=O) groups is 2. The van der Waals surface area contributed by atoms with Crippen LogP contribution in [0.5, 0.6) is 0 Å². The zero-order chi connectivity index (χ0) is 12.1. The minimum atomic E-state index is -1.17. The number of amides is 1. The Hall–Kier alpha value is -1.62. The maximum absolute atomic E-state index is 10.8. The van der Waals surface area contributed by atoms with Crippen LogP contribution < -0.4 is 5.32 Å². The summed E-state index contributed by atoms with van der Waals surface area (Å²) in [5, 5.41) is 11.1. The molecule has 84 valence electrons. The number of hydrogen-bond donors (Lipinski definition) is 2. The quantitative estimate of drug-likeness (QED) is 0.834. The molecule has 0 saturated heterocycles. The Balaban J connectivity index is 2.97. The average molecular weight is 284 g/mol. The lowest BCUT2D eigenvalue weighted by molar-refractivity contribution is -0.134. The fourth-order valence-corrected chi connectivity index (χ4v) is 1.33. The highest BCUT2D eigenvalue weighted by Crippen LogP contribution is 2.12. The molecule has 4 nitrogen and oxygen atoms in total. The summed E-state index contributed by atoms with van der Waals surface area (Å²) < 4.78 is 0.904. The van der Waals surface area contributed by atoms with Crippen molar-refractivity contribution in [1.29, 1.82) is 0 Å². The maximum Gasteiger partial charge on any atom is 0.352 e. The normalized spacial score (nSPS) is 11.0. The third-order valence-corrected chi connectivity index (χ3v) is 2.25. The van der Waals surface area contributed by atoms with Crippen LogP contribution >= 0.6 is 15.9 Å². The molecule has 0 bridgehead atoms. The highest BCUT2D eigenvalue weighted by Gasteiger charge is 2.08. The van der Waals surface area contributed by atoms with Crippen LogP contribution in [0.2, 0.25) is 0 Å². The molecule has 1 amide bonds. The highest BCUT2D eigenvalue weighted by molar-refractivity contribution is 9.10. The van der Waals surface area contributed by atoms with Crippen LogP contribution in [0.3, 0.4) is 0 Å². The number of halogens is 1. The Morgan fingerprint density at radius 1 is 1.31 bits per heavy atom. The maximum atomic E-state index is 10.8. The van der Waals surface area contributed by atoms with Gasteiger partial charge < -0.3 is 10.4 Å². The van der Waals surface area contributed by atoms with Crippen molar-refractivity contribution in [2.75, 3.05) is 0 Å². The first kappa shape index (κ1) is 12.4. The monoisotopic (exact) mass is 283 g/mol. The number of carboxylic acids is 1. The summed E-state index contributed by atoms with van der Waals surface area (Å²) in [6.45, 7) is 1.26. The third-order valence-electron chi connectivity index (χ3n) is 1.72. The Morgan fingerprint density at radius 2 is 1.88 bits per heavy atom.